The molecule has 0 bridgehead atoms. The van der Waals surface area contributed by atoms with Gasteiger partial charge in [0.2, 0.25) is 10.0 Å². The lowest BCUT2D eigenvalue weighted by atomic mass is 10.2. The van der Waals surface area contributed by atoms with Gasteiger partial charge in [0, 0.05) is 17.6 Å². The normalized spacial score (nSPS) is 11.0. The number of hydrogen-bond acceptors (Lipinski definition) is 6. The number of sulfonamides is 1. The molecule has 0 saturated carbocycles. The highest BCUT2D eigenvalue weighted by atomic mass is 35.5. The molecule has 0 aromatic heterocycles. The van der Waals surface area contributed by atoms with Crippen LogP contribution in [-0.4, -0.2) is 40.6 Å². The van der Waals surface area contributed by atoms with E-state index in [2.05, 4.69) is 10.0 Å². The van der Waals surface area contributed by atoms with Crippen molar-refractivity contribution in [2.24, 2.45) is 0 Å². The van der Waals surface area contributed by atoms with Crippen molar-refractivity contribution in [2.45, 2.75) is 18.7 Å². The van der Waals surface area contributed by atoms with Crippen LogP contribution in [0.1, 0.15) is 22.8 Å². The lowest BCUT2D eigenvalue weighted by Gasteiger charge is -2.12. The van der Waals surface area contributed by atoms with Crippen LogP contribution in [0.5, 0.6) is 5.75 Å². The third kappa shape index (κ3) is 5.93. The van der Waals surface area contributed by atoms with Crippen molar-refractivity contribution in [2.75, 3.05) is 25.6 Å². The highest BCUT2D eigenvalue weighted by Gasteiger charge is 2.17. The molecule has 0 saturated heterocycles. The van der Waals surface area contributed by atoms with Crippen molar-refractivity contribution in [1.29, 1.82) is 0 Å². The Bertz CT molecular complexity index is 1020. The van der Waals surface area contributed by atoms with Gasteiger partial charge in [-0.3, -0.25) is 4.79 Å². The second kappa shape index (κ2) is 9.73. The number of carbonyl (C=O) groups is 2. The molecule has 0 spiro atoms. The maximum Gasteiger partial charge on any atom is 0.338 e. The number of carbonyl (C=O) groups excluding carboxylic acids is 2. The molecule has 0 fully saturated rings. The van der Waals surface area contributed by atoms with Crippen LogP contribution in [0.4, 0.5) is 5.69 Å². The van der Waals surface area contributed by atoms with E-state index in [0.717, 1.165) is 5.56 Å². The Balaban J connectivity index is 2.05. The van der Waals surface area contributed by atoms with Gasteiger partial charge in [-0.2, -0.15) is 0 Å². The van der Waals surface area contributed by atoms with Gasteiger partial charge in [-0.05, 0) is 36.8 Å². The number of rotatable bonds is 8. The number of amides is 1. The molecule has 156 valence electrons. The molecule has 0 atom stereocenters. The Morgan fingerprint density at radius 2 is 1.90 bits per heavy atom. The summed E-state index contributed by atoms with van der Waals surface area (Å²) in [6.07, 6.45) is 0. The quantitative estimate of drug-likeness (QED) is 0.610. The lowest BCUT2D eigenvalue weighted by molar-refractivity contribution is -0.119. The Labute approximate surface area is 174 Å². The van der Waals surface area contributed by atoms with E-state index in [-0.39, 0.29) is 17.0 Å². The predicted molar refractivity (Wildman–Crippen MR) is 109 cm³/mol. The van der Waals surface area contributed by atoms with Gasteiger partial charge in [-0.1, -0.05) is 24.6 Å². The van der Waals surface area contributed by atoms with Crippen LogP contribution in [0.15, 0.2) is 41.3 Å². The van der Waals surface area contributed by atoms with E-state index < -0.39 is 28.5 Å². The van der Waals surface area contributed by atoms with Crippen molar-refractivity contribution in [1.82, 2.24) is 4.72 Å². The van der Waals surface area contributed by atoms with Crippen molar-refractivity contribution in [3.05, 3.63) is 52.5 Å². The van der Waals surface area contributed by atoms with Crippen LogP contribution in [0.3, 0.4) is 0 Å². The van der Waals surface area contributed by atoms with Gasteiger partial charge in [-0.25, -0.2) is 17.9 Å². The van der Waals surface area contributed by atoms with Gasteiger partial charge in [0.25, 0.3) is 5.91 Å². The molecule has 0 aliphatic rings. The van der Waals surface area contributed by atoms with E-state index in [1.807, 2.05) is 0 Å². The molecule has 0 aliphatic carbocycles. The van der Waals surface area contributed by atoms with E-state index >= 15 is 0 Å². The van der Waals surface area contributed by atoms with Crippen molar-refractivity contribution >= 4 is 39.2 Å². The molecule has 2 aromatic rings. The highest BCUT2D eigenvalue weighted by Crippen LogP contribution is 2.30. The van der Waals surface area contributed by atoms with Gasteiger partial charge in [0.1, 0.15) is 5.75 Å². The predicted octanol–water partition coefficient (Wildman–Crippen LogP) is 2.75. The number of anilines is 1. The van der Waals surface area contributed by atoms with Crippen molar-refractivity contribution in [3.8, 4) is 5.75 Å². The SMILES string of the molecule is CCNS(=O)(=O)c1cccc(C(=O)OCC(=O)Nc2cc(C)c(Cl)cc2OC)c1. The van der Waals surface area contributed by atoms with E-state index in [4.69, 9.17) is 21.1 Å². The molecule has 0 aliphatic heterocycles. The number of aryl methyl sites for hydroxylation is 1. The molecule has 10 heteroatoms. The first-order valence-electron chi connectivity index (χ1n) is 8.58. The summed E-state index contributed by atoms with van der Waals surface area (Å²) >= 11 is 6.03. The van der Waals surface area contributed by atoms with Crippen LogP contribution in [-0.2, 0) is 19.6 Å². The zero-order valence-electron chi connectivity index (χ0n) is 16.1. The van der Waals surface area contributed by atoms with Crippen LogP contribution in [0.25, 0.3) is 0 Å². The number of ether oxygens (including phenoxy) is 2. The second-order valence-corrected chi connectivity index (χ2v) is 8.13. The minimum atomic E-state index is -3.72. The van der Waals surface area contributed by atoms with Crippen molar-refractivity contribution in [3.63, 3.8) is 0 Å². The molecule has 29 heavy (non-hydrogen) atoms. The van der Waals surface area contributed by atoms with Crippen molar-refractivity contribution < 1.29 is 27.5 Å². The molecule has 2 rings (SSSR count). The molecular weight excluding hydrogens is 420 g/mol. The number of methoxy groups -OCH3 is 1. The third-order valence-electron chi connectivity index (χ3n) is 3.80. The van der Waals surface area contributed by atoms with E-state index in [1.165, 1.54) is 31.4 Å². The second-order valence-electron chi connectivity index (χ2n) is 5.96. The summed E-state index contributed by atoms with van der Waals surface area (Å²) in [5.74, 6) is -1.05. The zero-order valence-corrected chi connectivity index (χ0v) is 17.7. The van der Waals surface area contributed by atoms with Gasteiger partial charge >= 0.3 is 5.97 Å². The van der Waals surface area contributed by atoms with Gasteiger partial charge in [-0.15, -0.1) is 0 Å². The highest BCUT2D eigenvalue weighted by molar-refractivity contribution is 7.89. The summed E-state index contributed by atoms with van der Waals surface area (Å²) in [6, 6.07) is 8.56. The molecular formula is C19H21ClN2O6S. The molecule has 0 radical (unpaired) electrons. The van der Waals surface area contributed by atoms with Crippen LogP contribution >= 0.6 is 11.6 Å². The maximum absolute atomic E-state index is 12.2. The van der Waals surface area contributed by atoms with Gasteiger partial charge < -0.3 is 14.8 Å². The third-order valence-corrected chi connectivity index (χ3v) is 5.75. The number of esters is 1. The fourth-order valence-corrected chi connectivity index (χ4v) is 3.63. The van der Waals surface area contributed by atoms with Crippen LogP contribution < -0.4 is 14.8 Å². The molecule has 1 amide bonds. The summed E-state index contributed by atoms with van der Waals surface area (Å²) in [5.41, 5.74) is 1.13. The molecule has 8 nitrogen and oxygen atoms in total. The van der Waals surface area contributed by atoms with Gasteiger partial charge in [0.15, 0.2) is 6.61 Å². The topological polar surface area (TPSA) is 111 Å². The number of nitrogens with one attached hydrogen (secondary N) is 2. The fraction of sp³-hybridized carbons (Fsp3) is 0.263. The summed E-state index contributed by atoms with van der Waals surface area (Å²) in [4.78, 5) is 24.3. The number of hydrogen-bond donors (Lipinski definition) is 2. The maximum atomic E-state index is 12.2. The minimum Gasteiger partial charge on any atom is -0.495 e. The van der Waals surface area contributed by atoms with E-state index in [0.29, 0.717) is 16.5 Å². The molecule has 0 heterocycles. The average Bonchev–Trinajstić information content (AvgIpc) is 2.68. The van der Waals surface area contributed by atoms with Crippen LogP contribution in [0.2, 0.25) is 5.02 Å². The summed E-state index contributed by atoms with van der Waals surface area (Å²) in [6.45, 7) is 3.07. The minimum absolute atomic E-state index is 0.0108. The first-order chi connectivity index (χ1) is 13.7. The first kappa shape index (κ1) is 22.7. The Morgan fingerprint density at radius 3 is 2.55 bits per heavy atom. The van der Waals surface area contributed by atoms with E-state index in [1.54, 1.807) is 26.0 Å². The summed E-state index contributed by atoms with van der Waals surface area (Å²) in [5, 5.41) is 3.07. The number of halogens is 1. The van der Waals surface area contributed by atoms with E-state index in [9.17, 15) is 18.0 Å². The standard InChI is InChI=1S/C19H21ClN2O6S/c1-4-21-29(25,26)14-7-5-6-13(9-14)19(24)28-11-18(23)22-16-8-12(2)15(20)10-17(16)27-3/h5-10,21H,4,11H2,1-3H3,(H,22,23). The molecule has 2 aromatic carbocycles. The first-order valence-corrected chi connectivity index (χ1v) is 10.4. The summed E-state index contributed by atoms with van der Waals surface area (Å²) < 4.78 is 36.6. The number of benzene rings is 2. The average molecular weight is 441 g/mol. The Morgan fingerprint density at radius 1 is 1.17 bits per heavy atom. The molecule has 2 N–H and O–H groups in total. The monoisotopic (exact) mass is 440 g/mol. The summed E-state index contributed by atoms with van der Waals surface area (Å²) in [7, 11) is -2.28. The zero-order chi connectivity index (χ0) is 21.6. The van der Waals surface area contributed by atoms with Crippen LogP contribution in [0, 0.1) is 6.92 Å². The fourth-order valence-electron chi connectivity index (χ4n) is 2.39. The lowest BCUT2D eigenvalue weighted by Crippen LogP contribution is -2.24. The molecule has 0 unspecified atom stereocenters. The Kier molecular flexibility index (Phi) is 7.60. The Hall–Kier alpha value is -2.62. The van der Waals surface area contributed by atoms with Gasteiger partial charge in [0.05, 0.1) is 23.3 Å². The smallest absolute Gasteiger partial charge is 0.338 e. The largest absolute Gasteiger partial charge is 0.495 e.